The van der Waals surface area contributed by atoms with Gasteiger partial charge in [-0.3, -0.25) is 9.59 Å². The third kappa shape index (κ3) is 4.77. The van der Waals surface area contributed by atoms with Crippen LogP contribution in [0.4, 0.5) is 15.8 Å². The van der Waals surface area contributed by atoms with Gasteiger partial charge in [-0.05, 0) is 73.7 Å². The maximum atomic E-state index is 13.3. The molecule has 1 fully saturated rings. The molecule has 1 atom stereocenters. The fourth-order valence-electron chi connectivity index (χ4n) is 4.01. The number of carbonyl (C=O) groups excluding carboxylic acids is 2. The Kier molecular flexibility index (Phi) is 6.06. The second-order valence-electron chi connectivity index (χ2n) is 7.92. The number of benzene rings is 2. The number of carbonyl (C=O) groups is 2. The zero-order chi connectivity index (χ0) is 22.0. The summed E-state index contributed by atoms with van der Waals surface area (Å²) in [7, 11) is -3.77. The largest absolute Gasteiger partial charge is 0.326 e. The molecule has 31 heavy (non-hydrogen) atoms. The van der Waals surface area contributed by atoms with Crippen molar-refractivity contribution < 1.29 is 22.4 Å². The van der Waals surface area contributed by atoms with Gasteiger partial charge in [0.2, 0.25) is 21.8 Å². The van der Waals surface area contributed by atoms with Crippen molar-refractivity contribution in [2.24, 2.45) is 5.92 Å². The second-order valence-corrected chi connectivity index (χ2v) is 9.86. The quantitative estimate of drug-likeness (QED) is 0.756. The Morgan fingerprint density at radius 1 is 1.10 bits per heavy atom. The van der Waals surface area contributed by atoms with E-state index in [0.717, 1.165) is 5.56 Å². The molecule has 2 aliphatic heterocycles. The number of hydrogen-bond acceptors (Lipinski definition) is 4. The van der Waals surface area contributed by atoms with Crippen LogP contribution in [0.5, 0.6) is 0 Å². The molecule has 2 N–H and O–H groups in total. The van der Waals surface area contributed by atoms with Crippen molar-refractivity contribution in [3.05, 3.63) is 53.8 Å². The van der Waals surface area contributed by atoms with Crippen molar-refractivity contribution in [3.8, 4) is 0 Å². The molecular formula is C22H24FN3O4S. The van der Waals surface area contributed by atoms with Crippen LogP contribution >= 0.6 is 0 Å². The molecule has 0 aromatic heterocycles. The van der Waals surface area contributed by atoms with E-state index in [1.54, 1.807) is 12.1 Å². The molecule has 164 valence electrons. The zero-order valence-corrected chi connectivity index (χ0v) is 17.8. The van der Waals surface area contributed by atoms with Gasteiger partial charge in [0.1, 0.15) is 5.82 Å². The third-order valence-corrected chi connectivity index (χ3v) is 7.57. The van der Waals surface area contributed by atoms with Crippen molar-refractivity contribution in [2.45, 2.75) is 37.0 Å². The lowest BCUT2D eigenvalue weighted by Gasteiger charge is -2.31. The first-order valence-corrected chi connectivity index (χ1v) is 11.8. The molecule has 0 spiro atoms. The number of piperidine rings is 1. The number of nitrogens with zero attached hydrogens (tertiary/aromatic N) is 1. The minimum Gasteiger partial charge on any atom is -0.326 e. The summed E-state index contributed by atoms with van der Waals surface area (Å²) >= 11 is 0. The summed E-state index contributed by atoms with van der Waals surface area (Å²) in [4.78, 5) is 24.6. The molecule has 2 amide bonds. The Labute approximate surface area is 180 Å². The van der Waals surface area contributed by atoms with Crippen LogP contribution in [0.15, 0.2) is 47.4 Å². The van der Waals surface area contributed by atoms with Crippen LogP contribution in [-0.2, 0) is 26.0 Å². The molecular weight excluding hydrogens is 421 g/mol. The summed E-state index contributed by atoms with van der Waals surface area (Å²) in [5.74, 6) is -1.24. The zero-order valence-electron chi connectivity index (χ0n) is 16.9. The van der Waals surface area contributed by atoms with Crippen LogP contribution < -0.4 is 10.6 Å². The molecule has 2 heterocycles. The third-order valence-electron chi connectivity index (χ3n) is 5.71. The monoisotopic (exact) mass is 445 g/mol. The van der Waals surface area contributed by atoms with E-state index < -0.39 is 21.8 Å². The first-order chi connectivity index (χ1) is 14.8. The van der Waals surface area contributed by atoms with Gasteiger partial charge in [-0.25, -0.2) is 12.8 Å². The summed E-state index contributed by atoms with van der Waals surface area (Å²) in [5.41, 5.74) is 1.92. The molecule has 1 saturated heterocycles. The lowest BCUT2D eigenvalue weighted by molar-refractivity contribution is -0.121. The van der Waals surface area contributed by atoms with E-state index in [1.807, 2.05) is 0 Å². The lowest BCUT2D eigenvalue weighted by atomic mass is 9.99. The van der Waals surface area contributed by atoms with Crippen molar-refractivity contribution in [2.75, 3.05) is 23.7 Å². The summed E-state index contributed by atoms with van der Waals surface area (Å²) in [6.45, 7) is 0.430. The van der Waals surface area contributed by atoms with Crippen molar-refractivity contribution >= 4 is 33.2 Å². The predicted octanol–water partition coefficient (Wildman–Crippen LogP) is 3.14. The first-order valence-electron chi connectivity index (χ1n) is 10.3. The predicted molar refractivity (Wildman–Crippen MR) is 115 cm³/mol. The Morgan fingerprint density at radius 2 is 1.87 bits per heavy atom. The maximum absolute atomic E-state index is 13.3. The van der Waals surface area contributed by atoms with E-state index in [1.165, 1.54) is 34.6 Å². The minimum atomic E-state index is -3.77. The van der Waals surface area contributed by atoms with Gasteiger partial charge in [-0.15, -0.1) is 0 Å². The summed E-state index contributed by atoms with van der Waals surface area (Å²) < 4.78 is 40.9. The lowest BCUT2D eigenvalue weighted by Crippen LogP contribution is -2.43. The van der Waals surface area contributed by atoms with Crippen LogP contribution in [0.2, 0.25) is 0 Å². The van der Waals surface area contributed by atoms with Crippen LogP contribution in [-0.4, -0.2) is 37.6 Å². The van der Waals surface area contributed by atoms with Crippen LogP contribution in [0.25, 0.3) is 0 Å². The summed E-state index contributed by atoms with van der Waals surface area (Å²) in [6.07, 6.45) is 2.85. The highest BCUT2D eigenvalue weighted by Gasteiger charge is 2.33. The number of amides is 2. The Morgan fingerprint density at radius 3 is 2.65 bits per heavy atom. The number of sulfonamides is 1. The molecule has 7 nitrogen and oxygen atoms in total. The van der Waals surface area contributed by atoms with Gasteiger partial charge in [-0.2, -0.15) is 4.31 Å². The molecule has 4 rings (SSSR count). The van der Waals surface area contributed by atoms with Crippen molar-refractivity contribution in [3.63, 3.8) is 0 Å². The highest BCUT2D eigenvalue weighted by atomic mass is 32.2. The van der Waals surface area contributed by atoms with E-state index in [2.05, 4.69) is 10.6 Å². The highest BCUT2D eigenvalue weighted by molar-refractivity contribution is 7.89. The van der Waals surface area contributed by atoms with E-state index in [-0.39, 0.29) is 23.3 Å². The number of anilines is 2. The van der Waals surface area contributed by atoms with Gasteiger partial charge >= 0.3 is 0 Å². The van der Waals surface area contributed by atoms with Crippen molar-refractivity contribution in [1.29, 1.82) is 0 Å². The molecule has 0 saturated carbocycles. The molecule has 1 unspecified atom stereocenters. The fourth-order valence-corrected chi connectivity index (χ4v) is 5.59. The Hall–Kier alpha value is -2.78. The standard InChI is InChI=1S/C22H24FN3O4S/c23-17-6-8-18(9-7-17)24-22(28)16-4-2-12-26(14-16)31(29,30)19-10-11-20-15(13-19)3-1-5-21(27)25-20/h6-11,13,16H,1-5,12,14H2,(H,24,28)(H,25,27). The second kappa shape index (κ2) is 8.76. The highest BCUT2D eigenvalue weighted by Crippen LogP contribution is 2.29. The summed E-state index contributed by atoms with van der Waals surface area (Å²) in [6, 6.07) is 10.2. The van der Waals surface area contributed by atoms with Crippen LogP contribution in [0.3, 0.4) is 0 Å². The van der Waals surface area contributed by atoms with Gasteiger partial charge in [0.05, 0.1) is 10.8 Å². The van der Waals surface area contributed by atoms with Gasteiger partial charge in [0.15, 0.2) is 0 Å². The number of hydrogen-bond donors (Lipinski definition) is 2. The number of fused-ring (bicyclic) bond motifs is 1. The molecule has 2 aromatic carbocycles. The Bertz CT molecular complexity index is 1100. The van der Waals surface area contributed by atoms with Gasteiger partial charge in [0.25, 0.3) is 0 Å². The van der Waals surface area contributed by atoms with Gasteiger partial charge in [0, 0.05) is 30.9 Å². The minimum absolute atomic E-state index is 0.0691. The van der Waals surface area contributed by atoms with E-state index >= 15 is 0 Å². The fraction of sp³-hybridized carbons (Fsp3) is 0.364. The van der Waals surface area contributed by atoms with Crippen molar-refractivity contribution in [1.82, 2.24) is 4.31 Å². The van der Waals surface area contributed by atoms with Gasteiger partial charge in [-0.1, -0.05) is 0 Å². The van der Waals surface area contributed by atoms with E-state index in [4.69, 9.17) is 0 Å². The average Bonchev–Trinajstić information content (AvgIpc) is 2.95. The normalized spacial score (nSPS) is 19.8. The molecule has 0 bridgehead atoms. The van der Waals surface area contributed by atoms with Crippen LogP contribution in [0, 0.1) is 11.7 Å². The molecule has 2 aromatic rings. The topological polar surface area (TPSA) is 95.6 Å². The Balaban J connectivity index is 1.49. The molecule has 2 aliphatic rings. The number of rotatable bonds is 4. The smallest absolute Gasteiger partial charge is 0.243 e. The SMILES string of the molecule is O=C1CCCc2cc(S(=O)(=O)N3CCCC(C(=O)Nc4ccc(F)cc4)C3)ccc2N1. The number of nitrogens with one attached hydrogen (secondary N) is 2. The average molecular weight is 446 g/mol. The summed E-state index contributed by atoms with van der Waals surface area (Å²) in [5, 5.41) is 5.54. The van der Waals surface area contributed by atoms with Crippen LogP contribution in [0.1, 0.15) is 31.2 Å². The molecule has 0 radical (unpaired) electrons. The maximum Gasteiger partial charge on any atom is 0.243 e. The van der Waals surface area contributed by atoms with E-state index in [0.29, 0.717) is 50.0 Å². The number of halogens is 1. The molecule has 9 heteroatoms. The van der Waals surface area contributed by atoms with Gasteiger partial charge < -0.3 is 10.6 Å². The number of aryl methyl sites for hydroxylation is 1. The molecule has 0 aliphatic carbocycles. The van der Waals surface area contributed by atoms with E-state index in [9.17, 15) is 22.4 Å². The first kappa shape index (κ1) is 21.5.